The summed E-state index contributed by atoms with van der Waals surface area (Å²) in [6, 6.07) is 51.8. The van der Waals surface area contributed by atoms with Crippen LogP contribution in [0.2, 0.25) is 0 Å². The van der Waals surface area contributed by atoms with Crippen LogP contribution in [0.5, 0.6) is 11.5 Å². The van der Waals surface area contributed by atoms with Crippen LogP contribution in [-0.2, 0) is 4.79 Å². The summed E-state index contributed by atoms with van der Waals surface area (Å²) < 4.78 is 6.55. The van der Waals surface area contributed by atoms with Crippen LogP contribution < -0.4 is 4.74 Å². The SMILES string of the molecule is Cc1ccc(C2=C(C3=CCCC=C3)C(=O)C(C3=CC=C=C=C3)=C2c2ccc(Oc3ccc(C4=C(c5ccccc5)C(O)C(c5ccccc5)=C4c4cc(C)cc(C)c4)cc3)cc2)cc1. The molecule has 1 unspecified atom stereocenters. The van der Waals surface area contributed by atoms with Crippen molar-refractivity contribution in [3.63, 3.8) is 0 Å². The van der Waals surface area contributed by atoms with E-state index in [-0.39, 0.29) is 5.78 Å². The summed E-state index contributed by atoms with van der Waals surface area (Å²) in [6.07, 6.45) is 13.1. The third-order valence-electron chi connectivity index (χ3n) is 12.3. The highest BCUT2D eigenvalue weighted by molar-refractivity contribution is 6.36. The molecule has 0 amide bonds. The highest BCUT2D eigenvalue weighted by atomic mass is 16.5. The molecule has 6 aromatic rings. The normalized spacial score (nSPS) is 16.9. The largest absolute Gasteiger partial charge is 0.457 e. The summed E-state index contributed by atoms with van der Waals surface area (Å²) in [4.78, 5) is 14.8. The third-order valence-corrected chi connectivity index (χ3v) is 12.3. The number of aliphatic hydroxyl groups is 1. The molecule has 0 bridgehead atoms. The molecule has 0 saturated carbocycles. The van der Waals surface area contributed by atoms with Crippen LogP contribution in [0.25, 0.3) is 33.4 Å². The van der Waals surface area contributed by atoms with Crippen molar-refractivity contribution in [1.82, 2.24) is 0 Å². The summed E-state index contributed by atoms with van der Waals surface area (Å²) >= 11 is 0. The Morgan fingerprint density at radius 1 is 0.500 bits per heavy atom. The van der Waals surface area contributed by atoms with Crippen LogP contribution >= 0.6 is 0 Å². The van der Waals surface area contributed by atoms with Crippen LogP contribution in [0.15, 0.2) is 222 Å². The van der Waals surface area contributed by atoms with E-state index in [0.717, 1.165) is 113 Å². The Morgan fingerprint density at radius 2 is 1.02 bits per heavy atom. The van der Waals surface area contributed by atoms with E-state index < -0.39 is 6.10 Å². The third kappa shape index (κ3) is 7.60. The number of rotatable bonds is 10. The van der Waals surface area contributed by atoms with Crippen molar-refractivity contribution in [3.8, 4) is 11.5 Å². The Labute approximate surface area is 375 Å². The zero-order chi connectivity index (χ0) is 43.7. The van der Waals surface area contributed by atoms with Gasteiger partial charge in [0.05, 0.1) is 0 Å². The van der Waals surface area contributed by atoms with Crippen molar-refractivity contribution < 1.29 is 14.6 Å². The Balaban J connectivity index is 1.04. The van der Waals surface area contributed by atoms with E-state index in [1.54, 1.807) is 0 Å². The number of aryl methyl sites for hydroxylation is 3. The molecular weight excluding hydrogens is 781 g/mol. The summed E-state index contributed by atoms with van der Waals surface area (Å²) in [7, 11) is 0. The Morgan fingerprint density at radius 3 is 1.53 bits per heavy atom. The zero-order valence-corrected chi connectivity index (χ0v) is 36.2. The number of ketones is 1. The van der Waals surface area contributed by atoms with Crippen LogP contribution in [0.3, 0.4) is 0 Å². The van der Waals surface area contributed by atoms with Crippen molar-refractivity contribution in [1.29, 1.82) is 0 Å². The first kappa shape index (κ1) is 40.3. The van der Waals surface area contributed by atoms with Gasteiger partial charge in [0, 0.05) is 33.4 Å². The van der Waals surface area contributed by atoms with Crippen molar-refractivity contribution >= 4 is 39.2 Å². The standard InChI is InChI=1S/C61H46O3/c1-39-24-26-46(27-25-39)52-53(57(43-18-10-5-11-19-43)60(62)56(52)42-16-8-4-9-17-42)47-28-32-50(33-29-47)64-51-34-30-48(31-35-51)54-55(49-37-40(2)36-41(3)38-49)59(45-22-14-7-15-23-45)61(63)58(54)44-20-12-6-13-21-44/h6-8,10,12-38,61,63H,4,9H2,1-3H3. The van der Waals surface area contributed by atoms with Gasteiger partial charge in [-0.15, -0.1) is 0 Å². The minimum Gasteiger partial charge on any atom is -0.457 e. The number of benzene rings is 6. The van der Waals surface area contributed by atoms with Gasteiger partial charge < -0.3 is 9.84 Å². The maximum absolute atomic E-state index is 14.8. The van der Waals surface area contributed by atoms with Gasteiger partial charge in [-0.1, -0.05) is 174 Å². The average Bonchev–Trinajstić information content (AvgIpc) is 3.81. The lowest BCUT2D eigenvalue weighted by atomic mass is 9.88. The fourth-order valence-corrected chi connectivity index (χ4v) is 9.51. The molecule has 1 N–H and O–H groups in total. The van der Waals surface area contributed by atoms with Gasteiger partial charge in [0.25, 0.3) is 0 Å². The molecule has 64 heavy (non-hydrogen) atoms. The second kappa shape index (κ2) is 17.2. The van der Waals surface area contributed by atoms with Gasteiger partial charge in [-0.05, 0) is 132 Å². The summed E-state index contributed by atoms with van der Waals surface area (Å²) in [5.41, 5.74) is 24.3. The van der Waals surface area contributed by atoms with Crippen molar-refractivity contribution in [2.45, 2.75) is 39.7 Å². The molecule has 6 aromatic carbocycles. The van der Waals surface area contributed by atoms with Crippen molar-refractivity contribution in [3.05, 3.63) is 272 Å². The molecule has 4 aliphatic carbocycles. The van der Waals surface area contributed by atoms with E-state index in [1.165, 1.54) is 0 Å². The lowest BCUT2D eigenvalue weighted by molar-refractivity contribution is -0.111. The molecule has 308 valence electrons. The van der Waals surface area contributed by atoms with E-state index in [9.17, 15) is 9.90 Å². The molecule has 0 heterocycles. The molecule has 0 fully saturated rings. The molecule has 0 radical (unpaired) electrons. The summed E-state index contributed by atoms with van der Waals surface area (Å²) in [5.74, 6) is 1.37. The Kier molecular flexibility index (Phi) is 10.8. The minimum absolute atomic E-state index is 0.00938. The molecule has 4 aliphatic rings. The zero-order valence-electron chi connectivity index (χ0n) is 36.2. The minimum atomic E-state index is -0.845. The number of hydrogen-bond acceptors (Lipinski definition) is 3. The van der Waals surface area contributed by atoms with Gasteiger partial charge in [-0.2, -0.15) is 0 Å². The topological polar surface area (TPSA) is 46.5 Å². The van der Waals surface area contributed by atoms with Gasteiger partial charge >= 0.3 is 0 Å². The van der Waals surface area contributed by atoms with E-state index in [2.05, 4.69) is 141 Å². The van der Waals surface area contributed by atoms with E-state index >= 15 is 0 Å². The predicted octanol–water partition coefficient (Wildman–Crippen LogP) is 14.2. The maximum Gasteiger partial charge on any atom is 0.195 e. The number of hydrogen-bond donors (Lipinski definition) is 1. The fraction of sp³-hybridized carbons (Fsp3) is 0.0984. The molecule has 1 atom stereocenters. The first-order chi connectivity index (χ1) is 31.3. The van der Waals surface area contributed by atoms with Gasteiger partial charge in [0.15, 0.2) is 5.78 Å². The van der Waals surface area contributed by atoms with Crippen LogP contribution in [-0.4, -0.2) is 17.0 Å². The average molecular weight is 827 g/mol. The fourth-order valence-electron chi connectivity index (χ4n) is 9.51. The van der Waals surface area contributed by atoms with E-state index in [1.807, 2.05) is 78.9 Å². The molecule has 0 aliphatic heterocycles. The first-order valence-electron chi connectivity index (χ1n) is 21.9. The second-order valence-corrected chi connectivity index (χ2v) is 16.8. The van der Waals surface area contributed by atoms with Gasteiger partial charge in [0.1, 0.15) is 17.6 Å². The number of ether oxygens (including phenoxy) is 1. The van der Waals surface area contributed by atoms with Gasteiger partial charge in [-0.25, -0.2) is 0 Å². The lowest BCUT2D eigenvalue weighted by Gasteiger charge is -2.16. The van der Waals surface area contributed by atoms with Gasteiger partial charge in [0.2, 0.25) is 0 Å². The molecule has 0 spiro atoms. The van der Waals surface area contributed by atoms with Crippen molar-refractivity contribution in [2.24, 2.45) is 0 Å². The number of carbonyl (C=O) groups is 1. The predicted molar refractivity (Wildman–Crippen MR) is 262 cm³/mol. The number of aliphatic hydroxyl groups excluding tert-OH is 1. The van der Waals surface area contributed by atoms with Crippen LogP contribution in [0.4, 0.5) is 0 Å². The summed E-state index contributed by atoms with van der Waals surface area (Å²) in [5, 5.41) is 12.4. The monoisotopic (exact) mass is 826 g/mol. The smallest absolute Gasteiger partial charge is 0.195 e. The number of carbonyl (C=O) groups excluding carboxylic acids is 1. The Bertz CT molecular complexity index is 3160. The molecule has 0 aromatic heterocycles. The second-order valence-electron chi connectivity index (χ2n) is 16.8. The number of Topliss-reactive ketones (excluding diaryl/α,β-unsaturated/α-hetero) is 1. The lowest BCUT2D eigenvalue weighted by Crippen LogP contribution is -2.09. The van der Waals surface area contributed by atoms with E-state index in [4.69, 9.17) is 4.74 Å². The van der Waals surface area contributed by atoms with Crippen LogP contribution in [0.1, 0.15) is 62.9 Å². The van der Waals surface area contributed by atoms with Gasteiger partial charge in [-0.3, -0.25) is 4.79 Å². The maximum atomic E-state index is 14.8. The molecular formula is C61H46O3. The molecule has 0 saturated heterocycles. The number of allylic oxidation sites excluding steroid dienone is 14. The van der Waals surface area contributed by atoms with E-state index in [0.29, 0.717) is 17.1 Å². The quantitative estimate of drug-likeness (QED) is 0.140. The van der Waals surface area contributed by atoms with Crippen molar-refractivity contribution in [2.75, 3.05) is 0 Å². The Hall–Kier alpha value is -7.77. The molecule has 3 heteroatoms. The van der Waals surface area contributed by atoms with Crippen LogP contribution in [0, 0.1) is 20.8 Å². The first-order valence-corrected chi connectivity index (χ1v) is 21.9. The summed E-state index contributed by atoms with van der Waals surface area (Å²) in [6.45, 7) is 6.33. The molecule has 10 rings (SSSR count). The molecule has 3 nitrogen and oxygen atoms in total. The highest BCUT2D eigenvalue weighted by Crippen LogP contribution is 2.53. The highest BCUT2D eigenvalue weighted by Gasteiger charge is 2.38.